The summed E-state index contributed by atoms with van der Waals surface area (Å²) in [5.41, 5.74) is 6.97. The fourth-order valence-corrected chi connectivity index (χ4v) is 5.60. The first-order chi connectivity index (χ1) is 12.5. The topological polar surface area (TPSA) is 0 Å². The van der Waals surface area contributed by atoms with Gasteiger partial charge in [-0.3, -0.25) is 0 Å². The average molecular weight is 513 g/mol. The molecule has 0 aromatic carbocycles. The molecule has 0 amide bonds. The molecule has 160 valence electrons. The summed E-state index contributed by atoms with van der Waals surface area (Å²) in [7, 11) is 0. The first kappa shape index (κ1) is 29.4. The van der Waals surface area contributed by atoms with Crippen molar-refractivity contribution in [1.29, 1.82) is 0 Å². The second-order valence-electron chi connectivity index (χ2n) is 9.14. The molecular formula is C26H38Cl2Zr. The summed E-state index contributed by atoms with van der Waals surface area (Å²) in [5, 5.41) is 0. The second-order valence-corrected chi connectivity index (χ2v) is 9.14. The summed E-state index contributed by atoms with van der Waals surface area (Å²) < 4.78 is 0. The number of halogens is 2. The normalized spacial score (nSPS) is 23.3. The van der Waals surface area contributed by atoms with Gasteiger partial charge in [0.2, 0.25) is 0 Å². The van der Waals surface area contributed by atoms with E-state index in [0.717, 1.165) is 12.8 Å². The quantitative estimate of drug-likeness (QED) is 0.506. The van der Waals surface area contributed by atoms with Gasteiger partial charge in [-0.1, -0.05) is 66.2 Å². The van der Waals surface area contributed by atoms with E-state index in [1.165, 1.54) is 86.5 Å². The van der Waals surface area contributed by atoms with Crippen molar-refractivity contribution in [2.45, 2.75) is 105 Å². The van der Waals surface area contributed by atoms with Gasteiger partial charge in [-0.05, 0) is 49.4 Å². The molecule has 0 aromatic heterocycles. The molecular weight excluding hydrogens is 474 g/mol. The molecule has 0 unspecified atom stereocenters. The van der Waals surface area contributed by atoms with Crippen LogP contribution in [0.15, 0.2) is 34.4 Å². The Morgan fingerprint density at radius 1 is 0.690 bits per heavy atom. The Morgan fingerprint density at radius 3 is 1.21 bits per heavy atom. The molecule has 0 aliphatic heterocycles. The molecule has 0 nitrogen and oxygen atoms in total. The zero-order valence-corrected chi connectivity index (χ0v) is 22.9. The minimum absolute atomic E-state index is 0. The number of hydrogen-bond acceptors (Lipinski definition) is 0. The Hall–Kier alpha value is 0.423. The van der Waals surface area contributed by atoms with Crippen LogP contribution in [-0.4, -0.2) is 0 Å². The molecule has 0 N–H and O–H groups in total. The van der Waals surface area contributed by atoms with Crippen molar-refractivity contribution in [3.63, 3.8) is 0 Å². The van der Waals surface area contributed by atoms with E-state index >= 15 is 0 Å². The minimum atomic E-state index is 0. The van der Waals surface area contributed by atoms with Gasteiger partial charge in [-0.2, -0.15) is 11.1 Å². The summed E-state index contributed by atoms with van der Waals surface area (Å²) in [6.07, 6.45) is 28.1. The average Bonchev–Trinajstić information content (AvgIpc) is 3.43. The molecule has 0 bridgehead atoms. The predicted octanol–water partition coefficient (Wildman–Crippen LogP) is 2.08. The Morgan fingerprint density at radius 2 is 1.00 bits per heavy atom. The molecule has 4 rings (SSSR count). The van der Waals surface area contributed by atoms with E-state index in [1.54, 1.807) is 0 Å². The van der Waals surface area contributed by atoms with Crippen molar-refractivity contribution in [3.05, 3.63) is 46.6 Å². The maximum absolute atomic E-state index is 3.57. The van der Waals surface area contributed by atoms with Crippen LogP contribution in [0.1, 0.15) is 105 Å². The molecule has 0 heterocycles. The van der Waals surface area contributed by atoms with E-state index in [2.05, 4.69) is 52.0 Å². The van der Waals surface area contributed by atoms with Crippen LogP contribution in [0.5, 0.6) is 0 Å². The van der Waals surface area contributed by atoms with Crippen molar-refractivity contribution in [3.8, 4) is 0 Å². The minimum Gasteiger partial charge on any atom is -1.00 e. The van der Waals surface area contributed by atoms with Crippen LogP contribution < -0.4 is 24.8 Å². The predicted molar refractivity (Wildman–Crippen MR) is 113 cm³/mol. The van der Waals surface area contributed by atoms with Gasteiger partial charge >= 0.3 is 26.2 Å². The fraction of sp³-hybridized carbons (Fsp3) is 0.692. The standard InChI is InChI=1S/2C13H19.2ClH.Zr/c2*1-3-13(8-4-5-9-13)12-7-6-11(2)10-12;;;/h2*7H,3-6,8-9H2,1-2H3;2*1H;/q2*-1;;;+4/p-2. The van der Waals surface area contributed by atoms with E-state index < -0.39 is 0 Å². The Labute approximate surface area is 212 Å². The third-order valence-electron chi connectivity index (χ3n) is 7.54. The first-order valence-corrected chi connectivity index (χ1v) is 11.1. The molecule has 0 atom stereocenters. The number of rotatable bonds is 4. The SMILES string of the molecule is CCC1(C2=CCC(C)=[C-]2)CCCC1.CCC1(C2=CCC(C)=[C-]2)CCCC1.[Cl-].[Cl-].[Zr+4]. The van der Waals surface area contributed by atoms with Crippen LogP contribution in [-0.2, 0) is 26.2 Å². The van der Waals surface area contributed by atoms with Gasteiger partial charge in [0.15, 0.2) is 0 Å². The third-order valence-corrected chi connectivity index (χ3v) is 7.54. The zero-order chi connectivity index (χ0) is 18.6. The largest absolute Gasteiger partial charge is 4.00 e. The molecule has 0 spiro atoms. The molecule has 0 aromatic rings. The maximum atomic E-state index is 3.57. The van der Waals surface area contributed by atoms with E-state index in [-0.39, 0.29) is 51.0 Å². The molecule has 29 heavy (non-hydrogen) atoms. The maximum Gasteiger partial charge on any atom is 4.00 e. The van der Waals surface area contributed by atoms with Gasteiger partial charge < -0.3 is 24.8 Å². The smallest absolute Gasteiger partial charge is 1.00 e. The van der Waals surface area contributed by atoms with Gasteiger partial charge in [0.1, 0.15) is 0 Å². The van der Waals surface area contributed by atoms with E-state index in [1.807, 2.05) is 0 Å². The molecule has 2 saturated carbocycles. The summed E-state index contributed by atoms with van der Waals surface area (Å²) in [4.78, 5) is 0. The van der Waals surface area contributed by atoms with Crippen LogP contribution in [0.3, 0.4) is 0 Å². The molecule has 4 aliphatic rings. The second kappa shape index (κ2) is 13.1. The fourth-order valence-electron chi connectivity index (χ4n) is 5.60. The van der Waals surface area contributed by atoms with Crippen LogP contribution in [0.25, 0.3) is 0 Å². The Balaban J connectivity index is 0.000000490. The molecule has 0 saturated heterocycles. The van der Waals surface area contributed by atoms with Crippen molar-refractivity contribution >= 4 is 0 Å². The summed E-state index contributed by atoms with van der Waals surface area (Å²) in [5.74, 6) is 0. The van der Waals surface area contributed by atoms with Crippen LogP contribution in [0.2, 0.25) is 0 Å². The molecule has 3 heteroatoms. The number of hydrogen-bond donors (Lipinski definition) is 0. The number of allylic oxidation sites excluding steroid dienone is 8. The van der Waals surface area contributed by atoms with E-state index in [9.17, 15) is 0 Å². The summed E-state index contributed by atoms with van der Waals surface area (Å²) in [6, 6.07) is 0. The van der Waals surface area contributed by atoms with Crippen LogP contribution >= 0.6 is 0 Å². The van der Waals surface area contributed by atoms with E-state index in [0.29, 0.717) is 10.8 Å². The van der Waals surface area contributed by atoms with Gasteiger partial charge in [-0.15, -0.1) is 0 Å². The van der Waals surface area contributed by atoms with Crippen molar-refractivity contribution in [2.75, 3.05) is 0 Å². The van der Waals surface area contributed by atoms with Crippen molar-refractivity contribution in [2.24, 2.45) is 10.8 Å². The van der Waals surface area contributed by atoms with Gasteiger partial charge in [0.05, 0.1) is 0 Å². The Bertz CT molecular complexity index is 571. The summed E-state index contributed by atoms with van der Waals surface area (Å²) >= 11 is 0. The Kier molecular flexibility index (Phi) is 13.3. The molecule has 2 fully saturated rings. The van der Waals surface area contributed by atoms with Crippen LogP contribution in [0.4, 0.5) is 0 Å². The third kappa shape index (κ3) is 6.70. The monoisotopic (exact) mass is 510 g/mol. The molecule has 4 aliphatic carbocycles. The first-order valence-electron chi connectivity index (χ1n) is 11.1. The van der Waals surface area contributed by atoms with E-state index in [4.69, 9.17) is 0 Å². The van der Waals surface area contributed by atoms with Gasteiger partial charge in [-0.25, -0.2) is 35.5 Å². The van der Waals surface area contributed by atoms with Crippen LogP contribution in [0, 0.1) is 23.0 Å². The zero-order valence-electron chi connectivity index (χ0n) is 18.9. The molecule has 0 radical (unpaired) electrons. The van der Waals surface area contributed by atoms with Crippen molar-refractivity contribution < 1.29 is 51.0 Å². The van der Waals surface area contributed by atoms with Gasteiger partial charge in [0.25, 0.3) is 0 Å². The van der Waals surface area contributed by atoms with Crippen molar-refractivity contribution in [1.82, 2.24) is 0 Å². The van der Waals surface area contributed by atoms with Gasteiger partial charge in [0, 0.05) is 0 Å². The summed E-state index contributed by atoms with van der Waals surface area (Å²) in [6.45, 7) is 9.06.